The van der Waals surface area contributed by atoms with Crippen molar-refractivity contribution in [1.29, 1.82) is 0 Å². The molecule has 0 bridgehead atoms. The predicted molar refractivity (Wildman–Crippen MR) is 115 cm³/mol. The van der Waals surface area contributed by atoms with Crippen LogP contribution in [0.3, 0.4) is 0 Å². The quantitative estimate of drug-likeness (QED) is 0.650. The molecule has 0 aliphatic carbocycles. The highest BCUT2D eigenvalue weighted by Gasteiger charge is 2.25. The van der Waals surface area contributed by atoms with E-state index in [9.17, 15) is 0 Å². The molecule has 1 saturated heterocycles. The van der Waals surface area contributed by atoms with E-state index in [-0.39, 0.29) is 0 Å². The first-order chi connectivity index (χ1) is 14.2. The topological polar surface area (TPSA) is 53.1 Å². The van der Waals surface area contributed by atoms with Gasteiger partial charge in [-0.25, -0.2) is 4.98 Å². The van der Waals surface area contributed by atoms with Crippen molar-refractivity contribution < 1.29 is 18.9 Å². The number of hydrogen-bond acceptors (Lipinski definition) is 6. The van der Waals surface area contributed by atoms with Crippen LogP contribution in [0.15, 0.2) is 36.4 Å². The second kappa shape index (κ2) is 8.17. The molecule has 152 valence electrons. The van der Waals surface area contributed by atoms with Crippen LogP contribution in [-0.2, 0) is 4.74 Å². The summed E-state index contributed by atoms with van der Waals surface area (Å²) in [6.45, 7) is 4.97. The van der Waals surface area contributed by atoms with E-state index in [1.54, 1.807) is 21.3 Å². The highest BCUT2D eigenvalue weighted by molar-refractivity contribution is 6.05. The summed E-state index contributed by atoms with van der Waals surface area (Å²) in [7, 11) is 4.97. The minimum absolute atomic E-state index is 0.662. The van der Waals surface area contributed by atoms with E-state index in [2.05, 4.69) is 23.1 Å². The molecule has 0 radical (unpaired) electrons. The molecule has 0 unspecified atom stereocenters. The van der Waals surface area contributed by atoms with Crippen molar-refractivity contribution >= 4 is 16.7 Å². The third-order valence-electron chi connectivity index (χ3n) is 5.37. The largest absolute Gasteiger partial charge is 0.494 e. The summed E-state index contributed by atoms with van der Waals surface area (Å²) >= 11 is 0. The Hall–Kier alpha value is -2.99. The molecular formula is C23H26N2O4. The SMILES string of the molecule is COc1c(C)c(OC)c2nc(N3CCOCC3)cc(-c3ccccc3)c2c1OC. The zero-order valence-electron chi connectivity index (χ0n) is 17.3. The number of pyridine rings is 1. The molecule has 1 fully saturated rings. The molecule has 3 aromatic rings. The van der Waals surface area contributed by atoms with Crippen molar-refractivity contribution in [1.82, 2.24) is 4.98 Å². The molecule has 0 spiro atoms. The molecule has 6 heteroatoms. The zero-order chi connectivity index (χ0) is 20.4. The lowest BCUT2D eigenvalue weighted by Gasteiger charge is -2.29. The second-order valence-electron chi connectivity index (χ2n) is 6.94. The Balaban J connectivity index is 2.10. The summed E-state index contributed by atoms with van der Waals surface area (Å²) in [5.74, 6) is 2.94. The van der Waals surface area contributed by atoms with E-state index in [1.807, 2.05) is 25.1 Å². The van der Waals surface area contributed by atoms with Crippen molar-refractivity contribution in [2.75, 3.05) is 52.5 Å². The number of rotatable bonds is 5. The Labute approximate surface area is 171 Å². The first-order valence-corrected chi connectivity index (χ1v) is 9.71. The molecule has 0 saturated carbocycles. The zero-order valence-corrected chi connectivity index (χ0v) is 17.3. The molecular weight excluding hydrogens is 368 g/mol. The van der Waals surface area contributed by atoms with Crippen molar-refractivity contribution in [3.8, 4) is 28.4 Å². The lowest BCUT2D eigenvalue weighted by Crippen LogP contribution is -2.36. The molecule has 0 N–H and O–H groups in total. The number of hydrogen-bond donors (Lipinski definition) is 0. The number of methoxy groups -OCH3 is 3. The van der Waals surface area contributed by atoms with E-state index in [1.165, 1.54) is 0 Å². The fraction of sp³-hybridized carbons (Fsp3) is 0.348. The molecule has 0 amide bonds. The van der Waals surface area contributed by atoms with Crippen LogP contribution in [0.5, 0.6) is 17.2 Å². The van der Waals surface area contributed by atoms with Gasteiger partial charge in [0.25, 0.3) is 0 Å². The van der Waals surface area contributed by atoms with Gasteiger partial charge in [0.1, 0.15) is 11.3 Å². The summed E-state index contributed by atoms with van der Waals surface area (Å²) in [5, 5.41) is 0.884. The maximum absolute atomic E-state index is 5.82. The third kappa shape index (κ3) is 3.34. The average molecular weight is 394 g/mol. The van der Waals surface area contributed by atoms with Gasteiger partial charge in [-0.15, -0.1) is 0 Å². The Morgan fingerprint density at radius 3 is 2.17 bits per heavy atom. The Morgan fingerprint density at radius 2 is 1.55 bits per heavy atom. The first kappa shape index (κ1) is 19.3. The number of fused-ring (bicyclic) bond motifs is 1. The Kier molecular flexibility index (Phi) is 5.45. The minimum atomic E-state index is 0.662. The van der Waals surface area contributed by atoms with Crippen molar-refractivity contribution in [2.45, 2.75) is 6.92 Å². The van der Waals surface area contributed by atoms with Crippen LogP contribution in [0, 0.1) is 6.92 Å². The molecule has 1 aromatic heterocycles. The van der Waals surface area contributed by atoms with E-state index >= 15 is 0 Å². The van der Waals surface area contributed by atoms with Gasteiger partial charge in [0.2, 0.25) is 0 Å². The Morgan fingerprint density at radius 1 is 0.897 bits per heavy atom. The molecule has 4 rings (SSSR count). The first-order valence-electron chi connectivity index (χ1n) is 9.71. The van der Waals surface area contributed by atoms with Gasteiger partial charge in [-0.2, -0.15) is 0 Å². The molecule has 29 heavy (non-hydrogen) atoms. The number of ether oxygens (including phenoxy) is 4. The standard InChI is InChI=1S/C23H26N2O4/c1-15-21(26-2)20-19(23(28-4)22(15)27-3)17(16-8-6-5-7-9-16)14-18(24-20)25-10-12-29-13-11-25/h5-9,14H,10-13H2,1-4H3. The highest BCUT2D eigenvalue weighted by atomic mass is 16.5. The molecule has 1 aliphatic heterocycles. The maximum atomic E-state index is 5.82. The van der Waals surface area contributed by atoms with Crippen molar-refractivity contribution in [3.05, 3.63) is 42.0 Å². The van der Waals surface area contributed by atoms with Crippen LogP contribution >= 0.6 is 0 Å². The van der Waals surface area contributed by atoms with Crippen LogP contribution < -0.4 is 19.1 Å². The summed E-state index contributed by atoms with van der Waals surface area (Å²) in [6.07, 6.45) is 0. The lowest BCUT2D eigenvalue weighted by molar-refractivity contribution is 0.122. The van der Waals surface area contributed by atoms with Crippen LogP contribution in [0.1, 0.15) is 5.56 Å². The summed E-state index contributed by atoms with van der Waals surface area (Å²) in [6, 6.07) is 12.4. The summed E-state index contributed by atoms with van der Waals surface area (Å²) < 4.78 is 22.8. The monoisotopic (exact) mass is 394 g/mol. The summed E-state index contributed by atoms with van der Waals surface area (Å²) in [5.41, 5.74) is 3.75. The van der Waals surface area contributed by atoms with Gasteiger partial charge in [-0.3, -0.25) is 0 Å². The fourth-order valence-electron chi connectivity index (χ4n) is 3.98. The van der Waals surface area contributed by atoms with Gasteiger partial charge in [0.15, 0.2) is 17.2 Å². The fourth-order valence-corrected chi connectivity index (χ4v) is 3.98. The average Bonchev–Trinajstić information content (AvgIpc) is 2.78. The third-order valence-corrected chi connectivity index (χ3v) is 5.37. The number of aromatic nitrogens is 1. The number of nitrogens with zero attached hydrogens (tertiary/aromatic N) is 2. The van der Waals surface area contributed by atoms with Gasteiger partial charge >= 0.3 is 0 Å². The van der Waals surface area contributed by atoms with Gasteiger partial charge in [-0.1, -0.05) is 30.3 Å². The van der Waals surface area contributed by atoms with Gasteiger partial charge in [0, 0.05) is 18.7 Å². The van der Waals surface area contributed by atoms with E-state index in [0.717, 1.165) is 46.5 Å². The molecule has 0 atom stereocenters. The summed E-state index contributed by atoms with van der Waals surface area (Å²) in [4.78, 5) is 7.26. The minimum Gasteiger partial charge on any atom is -0.494 e. The lowest BCUT2D eigenvalue weighted by atomic mass is 9.97. The normalized spacial score (nSPS) is 14.1. The Bertz CT molecular complexity index is 1010. The van der Waals surface area contributed by atoms with Crippen LogP contribution in [0.4, 0.5) is 5.82 Å². The van der Waals surface area contributed by atoms with Crippen LogP contribution in [0.2, 0.25) is 0 Å². The number of anilines is 1. The van der Waals surface area contributed by atoms with Gasteiger partial charge in [0.05, 0.1) is 39.9 Å². The molecule has 1 aliphatic rings. The smallest absolute Gasteiger partial charge is 0.171 e. The maximum Gasteiger partial charge on any atom is 0.171 e. The van der Waals surface area contributed by atoms with Gasteiger partial charge in [-0.05, 0) is 24.1 Å². The van der Waals surface area contributed by atoms with Crippen molar-refractivity contribution in [3.63, 3.8) is 0 Å². The van der Waals surface area contributed by atoms with E-state index < -0.39 is 0 Å². The molecule has 2 heterocycles. The predicted octanol–water partition coefficient (Wildman–Crippen LogP) is 4.07. The van der Waals surface area contributed by atoms with Crippen LogP contribution in [-0.4, -0.2) is 52.6 Å². The molecule has 2 aromatic carbocycles. The van der Waals surface area contributed by atoms with E-state index in [4.69, 9.17) is 23.9 Å². The molecule has 6 nitrogen and oxygen atoms in total. The second-order valence-corrected chi connectivity index (χ2v) is 6.94. The number of morpholine rings is 1. The van der Waals surface area contributed by atoms with Gasteiger partial charge < -0.3 is 23.8 Å². The van der Waals surface area contributed by atoms with Crippen molar-refractivity contribution in [2.24, 2.45) is 0 Å². The van der Waals surface area contributed by atoms with Crippen LogP contribution in [0.25, 0.3) is 22.0 Å². The number of benzene rings is 2. The van der Waals surface area contributed by atoms with E-state index in [0.29, 0.717) is 30.5 Å². The highest BCUT2D eigenvalue weighted by Crippen LogP contribution is 2.48.